The van der Waals surface area contributed by atoms with Crippen molar-refractivity contribution in [1.29, 1.82) is 0 Å². The number of hydrogen-bond donors (Lipinski definition) is 1. The van der Waals surface area contributed by atoms with Crippen molar-refractivity contribution >= 4 is 27.5 Å². The van der Waals surface area contributed by atoms with Crippen LogP contribution in [-0.4, -0.2) is 31.7 Å². The Bertz CT molecular complexity index is 1220. The molecule has 0 bridgehead atoms. The van der Waals surface area contributed by atoms with Crippen molar-refractivity contribution in [2.75, 3.05) is 13.1 Å². The SMILES string of the molecule is O=C(NCC1CC1CN(Cc1ccccc1F)S(=O)(=O)c1ccc(Cl)cc1)c1ccccc1. The number of nitrogens with one attached hydrogen (secondary N) is 1. The van der Waals surface area contributed by atoms with Crippen LogP contribution in [0.4, 0.5) is 4.39 Å². The molecule has 0 heterocycles. The van der Waals surface area contributed by atoms with Gasteiger partial charge < -0.3 is 5.32 Å². The van der Waals surface area contributed by atoms with Crippen molar-refractivity contribution in [2.24, 2.45) is 11.8 Å². The van der Waals surface area contributed by atoms with Crippen molar-refractivity contribution < 1.29 is 17.6 Å². The highest BCUT2D eigenvalue weighted by molar-refractivity contribution is 7.89. The summed E-state index contributed by atoms with van der Waals surface area (Å²) in [5.41, 5.74) is 0.894. The minimum Gasteiger partial charge on any atom is -0.352 e. The summed E-state index contributed by atoms with van der Waals surface area (Å²) in [4.78, 5) is 12.4. The van der Waals surface area contributed by atoms with Gasteiger partial charge in [-0.2, -0.15) is 4.31 Å². The maximum atomic E-state index is 14.3. The first-order chi connectivity index (χ1) is 15.8. The lowest BCUT2D eigenvalue weighted by Crippen LogP contribution is -2.34. The molecule has 2 atom stereocenters. The molecule has 0 aromatic heterocycles. The smallest absolute Gasteiger partial charge is 0.251 e. The van der Waals surface area contributed by atoms with E-state index in [0.29, 0.717) is 22.7 Å². The molecule has 0 radical (unpaired) electrons. The van der Waals surface area contributed by atoms with E-state index in [1.807, 2.05) is 6.07 Å². The number of hydrogen-bond acceptors (Lipinski definition) is 3. The third-order valence-electron chi connectivity index (χ3n) is 5.82. The number of carbonyl (C=O) groups excluding carboxylic acids is 1. The quantitative estimate of drug-likeness (QED) is 0.475. The summed E-state index contributed by atoms with van der Waals surface area (Å²) >= 11 is 5.92. The highest BCUT2D eigenvalue weighted by Crippen LogP contribution is 2.40. The normalized spacial score (nSPS) is 17.7. The Morgan fingerprint density at radius 3 is 2.33 bits per heavy atom. The van der Waals surface area contributed by atoms with Crippen LogP contribution in [0.25, 0.3) is 0 Å². The van der Waals surface area contributed by atoms with Gasteiger partial charge in [0.25, 0.3) is 5.91 Å². The largest absolute Gasteiger partial charge is 0.352 e. The predicted octanol–water partition coefficient (Wildman–Crippen LogP) is 4.74. The second kappa shape index (κ2) is 10.0. The summed E-state index contributed by atoms with van der Waals surface area (Å²) < 4.78 is 42.4. The van der Waals surface area contributed by atoms with Crippen LogP contribution in [0.3, 0.4) is 0 Å². The van der Waals surface area contributed by atoms with Crippen LogP contribution in [0.15, 0.2) is 83.8 Å². The van der Waals surface area contributed by atoms with Crippen molar-refractivity contribution in [3.05, 3.63) is 101 Å². The third kappa shape index (κ3) is 5.79. The molecule has 1 N–H and O–H groups in total. The van der Waals surface area contributed by atoms with E-state index in [4.69, 9.17) is 11.6 Å². The fourth-order valence-electron chi connectivity index (χ4n) is 3.78. The first kappa shape index (κ1) is 23.4. The summed E-state index contributed by atoms with van der Waals surface area (Å²) in [5, 5.41) is 3.35. The minimum atomic E-state index is -3.86. The summed E-state index contributed by atoms with van der Waals surface area (Å²) in [5.74, 6) is -0.356. The lowest BCUT2D eigenvalue weighted by atomic mass is 10.2. The van der Waals surface area contributed by atoms with E-state index < -0.39 is 15.8 Å². The van der Waals surface area contributed by atoms with E-state index in [0.717, 1.165) is 6.42 Å². The summed E-state index contributed by atoms with van der Waals surface area (Å²) in [6, 6.07) is 21.1. The van der Waals surface area contributed by atoms with E-state index in [-0.39, 0.29) is 35.7 Å². The summed E-state index contributed by atoms with van der Waals surface area (Å²) in [6.45, 7) is 0.634. The van der Waals surface area contributed by atoms with Crippen LogP contribution in [-0.2, 0) is 16.6 Å². The highest BCUT2D eigenvalue weighted by atomic mass is 35.5. The Morgan fingerprint density at radius 2 is 1.64 bits per heavy atom. The van der Waals surface area contributed by atoms with Crippen LogP contribution < -0.4 is 5.32 Å². The van der Waals surface area contributed by atoms with Crippen LogP contribution in [0.5, 0.6) is 0 Å². The Morgan fingerprint density at radius 1 is 0.970 bits per heavy atom. The summed E-state index contributed by atoms with van der Waals surface area (Å²) in [7, 11) is -3.86. The fourth-order valence-corrected chi connectivity index (χ4v) is 5.38. The second-order valence-electron chi connectivity index (χ2n) is 8.17. The van der Waals surface area contributed by atoms with Gasteiger partial charge in [-0.25, -0.2) is 12.8 Å². The van der Waals surface area contributed by atoms with Gasteiger partial charge in [-0.05, 0) is 60.7 Å². The molecule has 0 aliphatic heterocycles. The van der Waals surface area contributed by atoms with Gasteiger partial charge in [0.15, 0.2) is 0 Å². The molecule has 1 amide bonds. The van der Waals surface area contributed by atoms with Gasteiger partial charge in [-0.1, -0.05) is 48.0 Å². The lowest BCUT2D eigenvalue weighted by Gasteiger charge is -2.23. The first-order valence-electron chi connectivity index (χ1n) is 10.7. The molecular formula is C25H24ClFN2O3S. The van der Waals surface area contributed by atoms with E-state index in [1.165, 1.54) is 34.6 Å². The van der Waals surface area contributed by atoms with Gasteiger partial charge in [0.05, 0.1) is 4.90 Å². The van der Waals surface area contributed by atoms with Crippen LogP contribution >= 0.6 is 11.6 Å². The fraction of sp³-hybridized carbons (Fsp3) is 0.240. The van der Waals surface area contributed by atoms with Gasteiger partial charge in [0.2, 0.25) is 10.0 Å². The molecule has 4 rings (SSSR count). The molecule has 8 heteroatoms. The van der Waals surface area contributed by atoms with E-state index >= 15 is 0 Å². The van der Waals surface area contributed by atoms with Gasteiger partial charge in [0, 0.05) is 35.8 Å². The number of halogens is 2. The van der Waals surface area contributed by atoms with Gasteiger partial charge >= 0.3 is 0 Å². The maximum Gasteiger partial charge on any atom is 0.251 e. The predicted molar refractivity (Wildman–Crippen MR) is 126 cm³/mol. The molecule has 172 valence electrons. The molecule has 1 fully saturated rings. The Kier molecular flexibility index (Phi) is 7.12. The Labute approximate surface area is 198 Å². The first-order valence-corrected chi connectivity index (χ1v) is 12.5. The molecule has 1 aliphatic carbocycles. The molecule has 2 unspecified atom stereocenters. The van der Waals surface area contributed by atoms with Crippen molar-refractivity contribution in [3.63, 3.8) is 0 Å². The average molecular weight is 487 g/mol. The van der Waals surface area contributed by atoms with Crippen LogP contribution in [0.1, 0.15) is 22.3 Å². The number of amides is 1. The molecule has 0 saturated heterocycles. The van der Waals surface area contributed by atoms with E-state index in [1.54, 1.807) is 42.5 Å². The van der Waals surface area contributed by atoms with Gasteiger partial charge in [0.1, 0.15) is 5.82 Å². The molecule has 3 aromatic carbocycles. The summed E-state index contributed by atoms with van der Waals surface area (Å²) in [6.07, 6.45) is 0.791. The Balaban J connectivity index is 1.46. The second-order valence-corrected chi connectivity index (χ2v) is 10.5. The number of carbonyl (C=O) groups is 1. The highest BCUT2D eigenvalue weighted by Gasteiger charge is 2.41. The number of benzene rings is 3. The van der Waals surface area contributed by atoms with Crippen LogP contribution in [0, 0.1) is 17.7 Å². The molecule has 3 aromatic rings. The minimum absolute atomic E-state index is 0.0722. The maximum absolute atomic E-state index is 14.3. The standard InChI is InChI=1S/C25H24ClFN2O3S/c26-22-10-12-23(13-11-22)33(31,32)29(16-19-8-4-5-9-24(19)27)17-21-14-20(21)15-28-25(30)18-6-2-1-3-7-18/h1-13,20-21H,14-17H2,(H,28,30). The molecular weight excluding hydrogens is 463 g/mol. The topological polar surface area (TPSA) is 66.5 Å². The zero-order valence-electron chi connectivity index (χ0n) is 17.8. The zero-order valence-corrected chi connectivity index (χ0v) is 19.4. The van der Waals surface area contributed by atoms with Crippen molar-refractivity contribution in [2.45, 2.75) is 17.9 Å². The molecule has 5 nitrogen and oxygen atoms in total. The lowest BCUT2D eigenvalue weighted by molar-refractivity contribution is 0.0951. The van der Waals surface area contributed by atoms with Crippen molar-refractivity contribution in [1.82, 2.24) is 9.62 Å². The third-order valence-corrected chi connectivity index (χ3v) is 7.90. The van der Waals surface area contributed by atoms with Crippen LogP contribution in [0.2, 0.25) is 5.02 Å². The van der Waals surface area contributed by atoms with Gasteiger partial charge in [-0.15, -0.1) is 0 Å². The average Bonchev–Trinajstić information content (AvgIpc) is 3.57. The zero-order chi connectivity index (χ0) is 23.4. The van der Waals surface area contributed by atoms with E-state index in [9.17, 15) is 17.6 Å². The number of rotatable bonds is 9. The van der Waals surface area contributed by atoms with Gasteiger partial charge in [-0.3, -0.25) is 4.79 Å². The Hall–Kier alpha value is -2.74. The molecule has 1 aliphatic rings. The molecule has 1 saturated carbocycles. The number of nitrogens with zero attached hydrogens (tertiary/aromatic N) is 1. The molecule has 0 spiro atoms. The monoisotopic (exact) mass is 486 g/mol. The molecule has 33 heavy (non-hydrogen) atoms. The van der Waals surface area contributed by atoms with Crippen molar-refractivity contribution in [3.8, 4) is 0 Å². The van der Waals surface area contributed by atoms with E-state index in [2.05, 4.69) is 5.32 Å². The number of sulfonamides is 1.